The third kappa shape index (κ3) is 2.69. The highest BCUT2D eigenvalue weighted by Gasteiger charge is 2.44. The van der Waals surface area contributed by atoms with E-state index in [2.05, 4.69) is 5.32 Å². The molecule has 0 aromatic heterocycles. The highest BCUT2D eigenvalue weighted by Crippen LogP contribution is 2.40. The highest BCUT2D eigenvalue weighted by molar-refractivity contribution is 7.80. The normalized spacial score (nSPS) is 24.9. The fourth-order valence-corrected chi connectivity index (χ4v) is 2.89. The van der Waals surface area contributed by atoms with Gasteiger partial charge < -0.3 is 16.8 Å². The molecule has 0 fully saturated rings. The molecule has 0 saturated carbocycles. The molecule has 0 bridgehead atoms. The molecule has 1 aliphatic carbocycles. The summed E-state index contributed by atoms with van der Waals surface area (Å²) in [5.41, 5.74) is 12.5. The predicted octanol–water partition coefficient (Wildman–Crippen LogP) is 1.51. The van der Waals surface area contributed by atoms with Crippen LogP contribution in [0.1, 0.15) is 5.56 Å². The Hall–Kier alpha value is -1.85. The van der Waals surface area contributed by atoms with Gasteiger partial charge in [-0.2, -0.15) is 0 Å². The number of amides is 1. The van der Waals surface area contributed by atoms with Gasteiger partial charge in [-0.3, -0.25) is 4.79 Å². The maximum Gasteiger partial charge on any atom is 0.228 e. The van der Waals surface area contributed by atoms with E-state index in [9.17, 15) is 4.79 Å². The summed E-state index contributed by atoms with van der Waals surface area (Å²) >= 11 is 11.5. The van der Waals surface area contributed by atoms with Crippen LogP contribution in [-0.4, -0.2) is 16.0 Å². The van der Waals surface area contributed by atoms with Crippen molar-refractivity contribution < 1.29 is 4.79 Å². The van der Waals surface area contributed by atoms with Crippen molar-refractivity contribution in [2.75, 3.05) is 0 Å². The van der Waals surface area contributed by atoms with Gasteiger partial charge in [0.15, 0.2) is 10.1 Å². The lowest BCUT2D eigenvalue weighted by molar-refractivity contribution is -0.121. The number of carbonyl (C=O) groups is 1. The van der Waals surface area contributed by atoms with Gasteiger partial charge in [0.2, 0.25) is 5.91 Å². The first kappa shape index (κ1) is 14.6. The van der Waals surface area contributed by atoms with Gasteiger partial charge >= 0.3 is 0 Å². The molecule has 1 aliphatic rings. The lowest BCUT2D eigenvalue weighted by Gasteiger charge is -2.37. The molecule has 20 heavy (non-hydrogen) atoms. The number of hydrogen-bond donors (Lipinski definition) is 3. The summed E-state index contributed by atoms with van der Waals surface area (Å²) < 4.78 is 0. The molecule has 0 aliphatic heterocycles. The second-order valence-corrected chi connectivity index (χ2v) is 5.45. The van der Waals surface area contributed by atoms with Crippen molar-refractivity contribution in [3.63, 3.8) is 0 Å². The molecule has 1 aromatic rings. The Labute approximate surface area is 127 Å². The summed E-state index contributed by atoms with van der Waals surface area (Å²) in [5.74, 6) is -1.31. The van der Waals surface area contributed by atoms with Crippen LogP contribution in [0.3, 0.4) is 0 Å². The molecule has 0 spiro atoms. The molecule has 0 heterocycles. The Balaban J connectivity index is 2.53. The minimum atomic E-state index is -1.28. The Bertz CT molecular complexity index is 600. The first-order chi connectivity index (χ1) is 9.45. The maximum atomic E-state index is 11.7. The molecule has 104 valence electrons. The Morgan fingerprint density at radius 3 is 2.50 bits per heavy atom. The summed E-state index contributed by atoms with van der Waals surface area (Å²) in [6.07, 6.45) is 5.19. The molecule has 1 amide bonds. The van der Waals surface area contributed by atoms with E-state index in [1.807, 2.05) is 36.4 Å². The van der Waals surface area contributed by atoms with Crippen molar-refractivity contribution in [3.8, 4) is 0 Å². The minimum Gasteiger partial charge on any atom is -0.376 e. The monoisotopic (exact) mass is 307 g/mol. The third-order valence-electron chi connectivity index (χ3n) is 3.08. The first-order valence-electron chi connectivity index (χ1n) is 5.95. The van der Waals surface area contributed by atoms with Crippen LogP contribution >= 0.6 is 23.8 Å². The van der Waals surface area contributed by atoms with Crippen LogP contribution in [0.5, 0.6) is 0 Å². The van der Waals surface area contributed by atoms with E-state index in [0.29, 0.717) is 5.57 Å². The molecular formula is C14H14ClN3OS. The van der Waals surface area contributed by atoms with Crippen molar-refractivity contribution in [2.24, 2.45) is 17.4 Å². The molecule has 0 saturated heterocycles. The van der Waals surface area contributed by atoms with Crippen LogP contribution in [0.2, 0.25) is 0 Å². The zero-order chi connectivity index (χ0) is 14.8. The second kappa shape index (κ2) is 5.64. The van der Waals surface area contributed by atoms with E-state index >= 15 is 0 Å². The molecule has 2 rings (SSSR count). The number of halogens is 1. The van der Waals surface area contributed by atoms with Crippen LogP contribution in [0.15, 0.2) is 48.6 Å². The Morgan fingerprint density at radius 1 is 1.30 bits per heavy atom. The number of rotatable bonds is 3. The standard InChI is InChI=1S/C14H14ClN3OS/c15-14(18-13(17)20)10(9-5-2-1-3-6-9)7-4-8-11(14)12(16)19/h1-8,11H,(H2,16,19)(H3,17,18,20). The average Bonchev–Trinajstić information content (AvgIpc) is 2.38. The van der Waals surface area contributed by atoms with Crippen molar-refractivity contribution in [1.82, 2.24) is 5.32 Å². The first-order valence-corrected chi connectivity index (χ1v) is 6.74. The number of benzene rings is 1. The quantitative estimate of drug-likeness (QED) is 0.449. The minimum absolute atomic E-state index is 0.00313. The lowest BCUT2D eigenvalue weighted by atomic mass is 9.83. The van der Waals surface area contributed by atoms with Gasteiger partial charge in [-0.05, 0) is 17.8 Å². The summed E-state index contributed by atoms with van der Waals surface area (Å²) in [6.45, 7) is 0. The zero-order valence-corrected chi connectivity index (χ0v) is 12.1. The smallest absolute Gasteiger partial charge is 0.228 e. The summed E-state index contributed by atoms with van der Waals surface area (Å²) in [4.78, 5) is 10.4. The SMILES string of the molecule is NC(=O)C1C=CC=C(c2ccccc2)C1(Cl)NC(N)=S. The van der Waals surface area contributed by atoms with Crippen LogP contribution in [0.4, 0.5) is 0 Å². The van der Waals surface area contributed by atoms with E-state index in [0.717, 1.165) is 5.56 Å². The van der Waals surface area contributed by atoms with E-state index in [1.54, 1.807) is 12.2 Å². The zero-order valence-electron chi connectivity index (χ0n) is 10.5. The van der Waals surface area contributed by atoms with Crippen molar-refractivity contribution >= 4 is 40.4 Å². The number of alkyl halides is 1. The largest absolute Gasteiger partial charge is 0.376 e. The van der Waals surface area contributed by atoms with E-state index in [1.165, 1.54) is 0 Å². The van der Waals surface area contributed by atoms with Gasteiger partial charge in [-0.1, -0.05) is 60.2 Å². The fraction of sp³-hybridized carbons (Fsp3) is 0.143. The number of carbonyl (C=O) groups excluding carboxylic acids is 1. The van der Waals surface area contributed by atoms with Crippen molar-refractivity contribution in [2.45, 2.75) is 5.00 Å². The van der Waals surface area contributed by atoms with Gasteiger partial charge in [-0.15, -0.1) is 0 Å². The number of allylic oxidation sites excluding steroid dienone is 2. The van der Waals surface area contributed by atoms with Gasteiger partial charge in [-0.25, -0.2) is 0 Å². The molecule has 1 aromatic carbocycles. The maximum absolute atomic E-state index is 11.7. The molecule has 5 N–H and O–H groups in total. The van der Waals surface area contributed by atoms with Crippen molar-refractivity contribution in [3.05, 3.63) is 54.1 Å². The molecule has 4 nitrogen and oxygen atoms in total. The molecule has 2 atom stereocenters. The summed E-state index contributed by atoms with van der Waals surface area (Å²) in [7, 11) is 0. The molecule has 0 radical (unpaired) electrons. The van der Waals surface area contributed by atoms with E-state index in [-0.39, 0.29) is 5.11 Å². The van der Waals surface area contributed by atoms with Crippen LogP contribution < -0.4 is 16.8 Å². The van der Waals surface area contributed by atoms with Gasteiger partial charge in [0, 0.05) is 5.57 Å². The number of nitrogens with two attached hydrogens (primary N) is 2. The highest BCUT2D eigenvalue weighted by atomic mass is 35.5. The number of primary amides is 1. The average molecular weight is 308 g/mol. The molecule has 6 heteroatoms. The Kier molecular flexibility index (Phi) is 4.11. The fourth-order valence-electron chi connectivity index (χ4n) is 2.22. The van der Waals surface area contributed by atoms with E-state index in [4.69, 9.17) is 35.3 Å². The molecule has 2 unspecified atom stereocenters. The van der Waals surface area contributed by atoms with Crippen LogP contribution in [-0.2, 0) is 4.79 Å². The predicted molar refractivity (Wildman–Crippen MR) is 84.7 cm³/mol. The number of nitrogens with one attached hydrogen (secondary N) is 1. The number of hydrogen-bond acceptors (Lipinski definition) is 2. The topological polar surface area (TPSA) is 81.1 Å². The lowest BCUT2D eigenvalue weighted by Crippen LogP contribution is -2.55. The molecular weight excluding hydrogens is 294 g/mol. The van der Waals surface area contributed by atoms with Crippen LogP contribution in [0.25, 0.3) is 5.57 Å². The van der Waals surface area contributed by atoms with E-state index < -0.39 is 16.8 Å². The van der Waals surface area contributed by atoms with Crippen LogP contribution in [0, 0.1) is 5.92 Å². The third-order valence-corrected chi connectivity index (χ3v) is 3.72. The van der Waals surface area contributed by atoms with Crippen molar-refractivity contribution in [1.29, 1.82) is 0 Å². The second-order valence-electron chi connectivity index (χ2n) is 4.41. The van der Waals surface area contributed by atoms with Gasteiger partial charge in [0.05, 0.1) is 5.92 Å². The summed E-state index contributed by atoms with van der Waals surface area (Å²) in [5, 5.41) is 2.80. The summed E-state index contributed by atoms with van der Waals surface area (Å²) in [6, 6.07) is 9.44. The van der Waals surface area contributed by atoms with Gasteiger partial charge in [0.25, 0.3) is 0 Å². The Morgan fingerprint density at radius 2 is 1.95 bits per heavy atom. The van der Waals surface area contributed by atoms with Gasteiger partial charge in [0.1, 0.15) is 0 Å². The number of thiocarbonyl (C=S) groups is 1.